The molecule has 0 aliphatic carbocycles. The number of aromatic nitrogens is 1. The summed E-state index contributed by atoms with van der Waals surface area (Å²) in [7, 11) is 1.81. The lowest BCUT2D eigenvalue weighted by molar-refractivity contribution is -0.167. The third-order valence-corrected chi connectivity index (χ3v) is 5.15. The number of piperidine rings is 1. The zero-order chi connectivity index (χ0) is 18.6. The molecule has 1 spiro atoms. The van der Waals surface area contributed by atoms with E-state index in [0.29, 0.717) is 32.7 Å². The summed E-state index contributed by atoms with van der Waals surface area (Å²) < 4.78 is 5.81. The standard InChI is InChI=1S/C18H27N5O3/c1-14-11-19-6-3-15(14)20-7-8-21-17(25)23-9-4-18(5-10-23)13-22(2)16(24)12-26-18/h3,6,11H,4-5,7-10,12-13H2,1-2H3,(H,19,20)(H,21,25). The summed E-state index contributed by atoms with van der Waals surface area (Å²) in [6.07, 6.45) is 5.07. The minimum atomic E-state index is -0.292. The van der Waals surface area contributed by atoms with Crippen LogP contribution in [0.15, 0.2) is 18.5 Å². The summed E-state index contributed by atoms with van der Waals surface area (Å²) in [5, 5.41) is 6.25. The zero-order valence-electron chi connectivity index (χ0n) is 15.5. The lowest BCUT2D eigenvalue weighted by Gasteiger charge is -2.46. The second kappa shape index (κ2) is 7.90. The van der Waals surface area contributed by atoms with Crippen molar-refractivity contribution < 1.29 is 14.3 Å². The van der Waals surface area contributed by atoms with Crippen molar-refractivity contribution in [2.75, 3.05) is 51.7 Å². The summed E-state index contributed by atoms with van der Waals surface area (Å²) in [5.41, 5.74) is 1.82. The molecule has 142 valence electrons. The summed E-state index contributed by atoms with van der Waals surface area (Å²) in [6.45, 7) is 5.24. The van der Waals surface area contributed by atoms with Gasteiger partial charge in [-0.25, -0.2) is 4.79 Å². The first-order chi connectivity index (χ1) is 12.5. The summed E-state index contributed by atoms with van der Waals surface area (Å²) in [6, 6.07) is 1.88. The molecule has 3 amide bonds. The Morgan fingerprint density at radius 1 is 1.35 bits per heavy atom. The topological polar surface area (TPSA) is 86.8 Å². The minimum absolute atomic E-state index is 0.0210. The van der Waals surface area contributed by atoms with E-state index >= 15 is 0 Å². The molecule has 0 bridgehead atoms. The van der Waals surface area contributed by atoms with Crippen molar-refractivity contribution in [2.45, 2.75) is 25.4 Å². The van der Waals surface area contributed by atoms with Crippen molar-refractivity contribution in [2.24, 2.45) is 0 Å². The van der Waals surface area contributed by atoms with Gasteiger partial charge in [-0.05, 0) is 31.4 Å². The Hall–Kier alpha value is -2.35. The fourth-order valence-corrected chi connectivity index (χ4v) is 3.46. The molecule has 3 rings (SSSR count). The number of rotatable bonds is 4. The zero-order valence-corrected chi connectivity index (χ0v) is 15.5. The number of hydrogen-bond donors (Lipinski definition) is 2. The number of hydrogen-bond acceptors (Lipinski definition) is 5. The maximum Gasteiger partial charge on any atom is 0.317 e. The van der Waals surface area contributed by atoms with E-state index in [4.69, 9.17) is 4.74 Å². The third-order valence-electron chi connectivity index (χ3n) is 5.15. The molecule has 0 unspecified atom stereocenters. The van der Waals surface area contributed by atoms with E-state index in [2.05, 4.69) is 15.6 Å². The van der Waals surface area contributed by atoms with Gasteiger partial charge in [0.2, 0.25) is 5.91 Å². The number of likely N-dealkylation sites (N-methyl/N-ethyl adjacent to an activating group) is 1. The Bertz CT molecular complexity index is 658. The lowest BCUT2D eigenvalue weighted by Crippen LogP contribution is -2.59. The maximum atomic E-state index is 12.3. The molecule has 0 atom stereocenters. The van der Waals surface area contributed by atoms with Gasteiger partial charge in [-0.15, -0.1) is 0 Å². The van der Waals surface area contributed by atoms with Crippen LogP contribution in [-0.4, -0.2) is 78.7 Å². The van der Waals surface area contributed by atoms with Crippen LogP contribution in [0.5, 0.6) is 0 Å². The van der Waals surface area contributed by atoms with E-state index in [0.717, 1.165) is 24.1 Å². The monoisotopic (exact) mass is 361 g/mol. The number of nitrogens with one attached hydrogen (secondary N) is 2. The van der Waals surface area contributed by atoms with Crippen LogP contribution in [-0.2, 0) is 9.53 Å². The van der Waals surface area contributed by atoms with Crippen LogP contribution in [0.2, 0.25) is 0 Å². The van der Waals surface area contributed by atoms with Gasteiger partial charge >= 0.3 is 6.03 Å². The first-order valence-corrected chi connectivity index (χ1v) is 9.04. The molecule has 1 aromatic heterocycles. The van der Waals surface area contributed by atoms with Crippen molar-refractivity contribution in [1.82, 2.24) is 20.1 Å². The second-order valence-corrected chi connectivity index (χ2v) is 7.06. The Kier molecular flexibility index (Phi) is 5.61. The largest absolute Gasteiger partial charge is 0.383 e. The van der Waals surface area contributed by atoms with Gasteiger partial charge < -0.3 is 25.2 Å². The number of ether oxygens (including phenoxy) is 1. The number of nitrogens with zero attached hydrogens (tertiary/aromatic N) is 3. The number of amides is 3. The molecule has 2 N–H and O–H groups in total. The van der Waals surface area contributed by atoms with E-state index in [9.17, 15) is 9.59 Å². The van der Waals surface area contributed by atoms with Crippen LogP contribution in [0.25, 0.3) is 0 Å². The molecule has 2 saturated heterocycles. The van der Waals surface area contributed by atoms with E-state index in [1.165, 1.54) is 0 Å². The predicted molar refractivity (Wildman–Crippen MR) is 98.0 cm³/mol. The van der Waals surface area contributed by atoms with Crippen molar-refractivity contribution in [3.63, 3.8) is 0 Å². The first kappa shape index (κ1) is 18.4. The van der Waals surface area contributed by atoms with Crippen LogP contribution >= 0.6 is 0 Å². The molecule has 0 aromatic carbocycles. The predicted octanol–water partition coefficient (Wildman–Crippen LogP) is 0.835. The van der Waals surface area contributed by atoms with Crippen LogP contribution in [0, 0.1) is 6.92 Å². The Labute approximate surface area is 153 Å². The molecule has 3 heterocycles. The van der Waals surface area contributed by atoms with E-state index in [1.54, 1.807) is 11.1 Å². The Balaban J connectivity index is 1.39. The Morgan fingerprint density at radius 3 is 2.81 bits per heavy atom. The van der Waals surface area contributed by atoms with Crippen LogP contribution in [0.1, 0.15) is 18.4 Å². The SMILES string of the molecule is Cc1cnccc1NCCNC(=O)N1CCC2(CC1)CN(C)C(=O)CO2. The van der Waals surface area contributed by atoms with Gasteiger partial charge in [0.15, 0.2) is 0 Å². The molecule has 26 heavy (non-hydrogen) atoms. The first-order valence-electron chi connectivity index (χ1n) is 9.04. The number of pyridine rings is 1. The van der Waals surface area contributed by atoms with Crippen LogP contribution in [0.3, 0.4) is 0 Å². The molecule has 8 nitrogen and oxygen atoms in total. The average molecular weight is 361 g/mol. The number of morpholine rings is 1. The Morgan fingerprint density at radius 2 is 2.12 bits per heavy atom. The molecule has 2 fully saturated rings. The third kappa shape index (κ3) is 4.24. The smallest absolute Gasteiger partial charge is 0.317 e. The molecule has 0 radical (unpaired) electrons. The molecule has 2 aliphatic heterocycles. The number of likely N-dealkylation sites (tertiary alicyclic amines) is 1. The van der Waals surface area contributed by atoms with Gasteiger partial charge in [0.25, 0.3) is 0 Å². The fraction of sp³-hybridized carbons (Fsp3) is 0.611. The summed E-state index contributed by atoms with van der Waals surface area (Å²) in [5.74, 6) is 0.0210. The average Bonchev–Trinajstić information content (AvgIpc) is 2.64. The summed E-state index contributed by atoms with van der Waals surface area (Å²) in [4.78, 5) is 31.5. The molecule has 0 saturated carbocycles. The maximum absolute atomic E-state index is 12.3. The molecular weight excluding hydrogens is 334 g/mol. The highest BCUT2D eigenvalue weighted by molar-refractivity contribution is 5.78. The van der Waals surface area contributed by atoms with Gasteiger partial charge in [-0.1, -0.05) is 0 Å². The lowest BCUT2D eigenvalue weighted by atomic mass is 9.89. The number of carbonyl (C=O) groups is 2. The number of aryl methyl sites for hydroxylation is 1. The van der Waals surface area contributed by atoms with Gasteiger partial charge in [0, 0.05) is 57.9 Å². The minimum Gasteiger partial charge on any atom is -0.383 e. The highest BCUT2D eigenvalue weighted by atomic mass is 16.5. The number of urea groups is 1. The van der Waals surface area contributed by atoms with Crippen molar-refractivity contribution in [3.8, 4) is 0 Å². The molecule has 2 aliphatic rings. The van der Waals surface area contributed by atoms with E-state index < -0.39 is 0 Å². The molecule has 1 aromatic rings. The van der Waals surface area contributed by atoms with Crippen LogP contribution in [0.4, 0.5) is 10.5 Å². The van der Waals surface area contributed by atoms with Gasteiger partial charge in [-0.2, -0.15) is 0 Å². The quantitative estimate of drug-likeness (QED) is 0.776. The van der Waals surface area contributed by atoms with E-state index in [1.807, 2.05) is 31.1 Å². The fourth-order valence-electron chi connectivity index (χ4n) is 3.46. The molecular formula is C18H27N5O3. The van der Waals surface area contributed by atoms with Crippen molar-refractivity contribution >= 4 is 17.6 Å². The van der Waals surface area contributed by atoms with Crippen molar-refractivity contribution in [1.29, 1.82) is 0 Å². The van der Waals surface area contributed by atoms with Crippen molar-refractivity contribution in [3.05, 3.63) is 24.0 Å². The van der Waals surface area contributed by atoms with Gasteiger partial charge in [-0.3, -0.25) is 9.78 Å². The van der Waals surface area contributed by atoms with E-state index in [-0.39, 0.29) is 24.1 Å². The highest BCUT2D eigenvalue weighted by Gasteiger charge is 2.41. The summed E-state index contributed by atoms with van der Waals surface area (Å²) >= 11 is 0. The highest BCUT2D eigenvalue weighted by Crippen LogP contribution is 2.29. The van der Waals surface area contributed by atoms with Crippen LogP contribution < -0.4 is 10.6 Å². The number of anilines is 1. The van der Waals surface area contributed by atoms with Gasteiger partial charge in [0.1, 0.15) is 6.61 Å². The normalized spacial score (nSPS) is 19.5. The molecule has 8 heteroatoms. The second-order valence-electron chi connectivity index (χ2n) is 7.06. The number of carbonyl (C=O) groups excluding carboxylic acids is 2. The van der Waals surface area contributed by atoms with Gasteiger partial charge in [0.05, 0.1) is 5.60 Å².